The van der Waals surface area contributed by atoms with Gasteiger partial charge in [0.2, 0.25) is 0 Å². The van der Waals surface area contributed by atoms with Gasteiger partial charge in [0, 0.05) is 5.75 Å². The van der Waals surface area contributed by atoms with Crippen LogP contribution in [0.2, 0.25) is 0 Å². The number of carboxylic acids is 1. The quantitative estimate of drug-likeness (QED) is 0.494. The Labute approximate surface area is 117 Å². The van der Waals surface area contributed by atoms with Crippen molar-refractivity contribution in [3.63, 3.8) is 0 Å². The topological polar surface area (TPSA) is 94.8 Å². The third-order valence-corrected chi connectivity index (χ3v) is 5.85. The monoisotopic (exact) mass is 308 g/mol. The SMILES string of the molecule is CCCCCCC1=C(P(=O)(O)O)C[C@H](C(=O)O)CS1. The molecule has 0 fully saturated rings. The van der Waals surface area contributed by atoms with Gasteiger partial charge in [0.15, 0.2) is 0 Å². The maximum atomic E-state index is 11.5. The van der Waals surface area contributed by atoms with E-state index in [4.69, 9.17) is 5.11 Å². The van der Waals surface area contributed by atoms with Crippen LogP contribution in [0.5, 0.6) is 0 Å². The normalized spacial score (nSPS) is 20.7. The van der Waals surface area contributed by atoms with E-state index in [1.54, 1.807) is 0 Å². The minimum atomic E-state index is -4.33. The van der Waals surface area contributed by atoms with Crippen LogP contribution < -0.4 is 0 Å². The summed E-state index contributed by atoms with van der Waals surface area (Å²) >= 11 is 1.30. The average Bonchev–Trinajstić information content (AvgIpc) is 2.33. The Bertz CT molecular complexity index is 401. The number of aliphatic carboxylic acids is 1. The molecule has 7 heteroatoms. The first-order valence-electron chi connectivity index (χ1n) is 6.50. The van der Waals surface area contributed by atoms with Crippen molar-refractivity contribution in [1.82, 2.24) is 0 Å². The van der Waals surface area contributed by atoms with Crippen molar-refractivity contribution >= 4 is 25.3 Å². The summed E-state index contributed by atoms with van der Waals surface area (Å²) in [6, 6.07) is 0. The molecule has 1 heterocycles. The second kappa shape index (κ2) is 7.48. The van der Waals surface area contributed by atoms with Gasteiger partial charge in [-0.05, 0) is 24.2 Å². The number of allylic oxidation sites excluding steroid dienone is 2. The molecule has 0 aliphatic carbocycles. The molecule has 19 heavy (non-hydrogen) atoms. The summed E-state index contributed by atoms with van der Waals surface area (Å²) in [6.45, 7) is 2.10. The Morgan fingerprint density at radius 2 is 2.05 bits per heavy atom. The number of hydrogen-bond acceptors (Lipinski definition) is 3. The van der Waals surface area contributed by atoms with Gasteiger partial charge in [-0.3, -0.25) is 9.36 Å². The van der Waals surface area contributed by atoms with Gasteiger partial charge in [-0.25, -0.2) is 0 Å². The van der Waals surface area contributed by atoms with Gasteiger partial charge in [-0.1, -0.05) is 26.2 Å². The van der Waals surface area contributed by atoms with Gasteiger partial charge in [-0.15, -0.1) is 11.8 Å². The van der Waals surface area contributed by atoms with Gasteiger partial charge < -0.3 is 14.9 Å². The number of carboxylic acid groups (broad SMARTS) is 1. The molecule has 0 radical (unpaired) electrons. The summed E-state index contributed by atoms with van der Waals surface area (Å²) in [6.07, 6.45) is 4.79. The van der Waals surface area contributed by atoms with Crippen molar-refractivity contribution in [3.05, 3.63) is 10.2 Å². The molecule has 5 nitrogen and oxygen atoms in total. The Morgan fingerprint density at radius 1 is 1.37 bits per heavy atom. The number of hydrogen-bond donors (Lipinski definition) is 3. The zero-order chi connectivity index (χ0) is 14.5. The summed E-state index contributed by atoms with van der Waals surface area (Å²) < 4.78 is 11.5. The maximum absolute atomic E-state index is 11.5. The fraction of sp³-hybridized carbons (Fsp3) is 0.750. The highest BCUT2D eigenvalue weighted by molar-refractivity contribution is 8.03. The standard InChI is InChI=1S/C12H21O5PS/c1-2-3-4-5-6-11-10(18(15,16)17)7-9(8-19-11)12(13)14/h9H,2-8H2,1H3,(H,13,14)(H2,15,16,17)/t9-/m0/s1. The molecule has 1 rings (SSSR count). The van der Waals surface area contributed by atoms with E-state index in [1.165, 1.54) is 11.8 Å². The summed E-state index contributed by atoms with van der Waals surface area (Å²) in [7, 11) is -4.33. The first-order valence-corrected chi connectivity index (χ1v) is 9.09. The molecule has 0 amide bonds. The Hall–Kier alpha value is -0.290. The van der Waals surface area contributed by atoms with E-state index < -0.39 is 19.5 Å². The lowest BCUT2D eigenvalue weighted by Crippen LogP contribution is -2.20. The predicted molar refractivity (Wildman–Crippen MR) is 76.0 cm³/mol. The third kappa shape index (κ3) is 5.30. The smallest absolute Gasteiger partial charge is 0.353 e. The van der Waals surface area contributed by atoms with Gasteiger partial charge in [0.1, 0.15) is 0 Å². The number of thioether (sulfide) groups is 1. The zero-order valence-electron chi connectivity index (χ0n) is 11.0. The van der Waals surface area contributed by atoms with Gasteiger partial charge >= 0.3 is 13.6 Å². The molecular formula is C12H21O5PS. The first-order chi connectivity index (χ1) is 8.86. The molecule has 1 aliphatic rings. The molecule has 1 aliphatic heterocycles. The molecule has 0 unspecified atom stereocenters. The number of rotatable bonds is 7. The second-order valence-electron chi connectivity index (χ2n) is 4.77. The van der Waals surface area contributed by atoms with Crippen LogP contribution in [0.4, 0.5) is 0 Å². The van der Waals surface area contributed by atoms with Crippen LogP contribution in [0.1, 0.15) is 45.4 Å². The molecule has 0 bridgehead atoms. The van der Waals surface area contributed by atoms with Gasteiger partial charge in [0.05, 0.1) is 11.2 Å². The molecule has 0 saturated heterocycles. The fourth-order valence-corrected chi connectivity index (χ4v) is 4.71. The van der Waals surface area contributed by atoms with Crippen molar-refractivity contribution in [3.8, 4) is 0 Å². The lowest BCUT2D eigenvalue weighted by molar-refractivity contribution is -0.140. The average molecular weight is 308 g/mol. The van der Waals surface area contributed by atoms with Gasteiger partial charge in [-0.2, -0.15) is 0 Å². The second-order valence-corrected chi connectivity index (χ2v) is 7.52. The molecule has 0 aromatic heterocycles. The molecule has 0 spiro atoms. The van der Waals surface area contributed by atoms with Crippen LogP contribution in [0, 0.1) is 5.92 Å². The van der Waals surface area contributed by atoms with Crippen LogP contribution in [-0.2, 0) is 9.36 Å². The van der Waals surface area contributed by atoms with Crippen LogP contribution in [0.3, 0.4) is 0 Å². The Balaban J connectivity index is 2.76. The third-order valence-electron chi connectivity index (χ3n) is 3.18. The van der Waals surface area contributed by atoms with Crippen molar-refractivity contribution < 1.29 is 24.3 Å². The van der Waals surface area contributed by atoms with E-state index in [0.29, 0.717) is 17.1 Å². The molecule has 1 atom stereocenters. The fourth-order valence-electron chi connectivity index (χ4n) is 2.06. The van der Waals surface area contributed by atoms with E-state index in [2.05, 4.69) is 6.92 Å². The van der Waals surface area contributed by atoms with Crippen molar-refractivity contribution in [2.45, 2.75) is 45.4 Å². The number of carbonyl (C=O) groups is 1. The summed E-state index contributed by atoms with van der Waals surface area (Å²) in [5, 5.41) is 9.01. The van der Waals surface area contributed by atoms with Crippen LogP contribution >= 0.6 is 19.4 Å². The van der Waals surface area contributed by atoms with E-state index in [0.717, 1.165) is 25.7 Å². The summed E-state index contributed by atoms with van der Waals surface area (Å²) in [5.41, 5.74) is 0. The highest BCUT2D eigenvalue weighted by Gasteiger charge is 2.34. The zero-order valence-corrected chi connectivity index (χ0v) is 12.8. The highest BCUT2D eigenvalue weighted by atomic mass is 32.2. The molecule has 0 saturated carbocycles. The van der Waals surface area contributed by atoms with Crippen LogP contribution in [-0.4, -0.2) is 26.6 Å². The lowest BCUT2D eigenvalue weighted by atomic mass is 10.1. The Morgan fingerprint density at radius 3 is 2.58 bits per heavy atom. The Kier molecular flexibility index (Phi) is 6.60. The van der Waals surface area contributed by atoms with E-state index >= 15 is 0 Å². The lowest BCUT2D eigenvalue weighted by Gasteiger charge is -2.25. The number of unbranched alkanes of at least 4 members (excludes halogenated alkanes) is 3. The summed E-state index contributed by atoms with van der Waals surface area (Å²) in [4.78, 5) is 30.4. The minimum absolute atomic E-state index is 0.0181. The molecule has 3 N–H and O–H groups in total. The molecule has 0 aromatic rings. The van der Waals surface area contributed by atoms with Crippen LogP contribution in [0.25, 0.3) is 0 Å². The molecular weight excluding hydrogens is 287 g/mol. The van der Waals surface area contributed by atoms with Gasteiger partial charge in [0.25, 0.3) is 0 Å². The van der Waals surface area contributed by atoms with E-state index in [9.17, 15) is 19.1 Å². The summed E-state index contributed by atoms with van der Waals surface area (Å²) in [5.74, 6) is -1.27. The predicted octanol–water partition coefficient (Wildman–Crippen LogP) is 3.18. The first kappa shape index (κ1) is 16.8. The van der Waals surface area contributed by atoms with Crippen molar-refractivity contribution in [2.24, 2.45) is 5.92 Å². The minimum Gasteiger partial charge on any atom is -0.481 e. The van der Waals surface area contributed by atoms with Crippen LogP contribution in [0.15, 0.2) is 10.2 Å². The molecule has 0 aromatic carbocycles. The van der Waals surface area contributed by atoms with E-state index in [-0.39, 0.29) is 11.7 Å². The van der Waals surface area contributed by atoms with E-state index in [1.807, 2.05) is 0 Å². The molecule has 110 valence electrons. The maximum Gasteiger partial charge on any atom is 0.353 e. The highest BCUT2D eigenvalue weighted by Crippen LogP contribution is 2.55. The van der Waals surface area contributed by atoms with Crippen molar-refractivity contribution in [1.29, 1.82) is 0 Å². The largest absolute Gasteiger partial charge is 0.481 e. The van der Waals surface area contributed by atoms with Crippen molar-refractivity contribution in [2.75, 3.05) is 5.75 Å².